The Kier molecular flexibility index (Phi) is 1.37. The summed E-state index contributed by atoms with van der Waals surface area (Å²) in [7, 11) is 0. The molecule has 2 heterocycles. The molecular formula is C7H10ClNO. The van der Waals surface area contributed by atoms with E-state index in [0.717, 1.165) is 25.8 Å². The number of carbonyl (C=O) groups is 1. The first kappa shape index (κ1) is 6.47. The third kappa shape index (κ3) is 0.823. The van der Waals surface area contributed by atoms with Gasteiger partial charge in [-0.2, -0.15) is 0 Å². The Morgan fingerprint density at radius 2 is 2.40 bits per heavy atom. The van der Waals surface area contributed by atoms with Crippen LogP contribution in [0.3, 0.4) is 0 Å². The van der Waals surface area contributed by atoms with Gasteiger partial charge < -0.3 is 4.90 Å². The molecule has 2 nitrogen and oxygen atoms in total. The van der Waals surface area contributed by atoms with Crippen molar-refractivity contribution in [2.45, 2.75) is 30.7 Å². The van der Waals surface area contributed by atoms with Crippen molar-refractivity contribution in [2.24, 2.45) is 0 Å². The van der Waals surface area contributed by atoms with Crippen LogP contribution >= 0.6 is 11.6 Å². The second-order valence-corrected chi connectivity index (χ2v) is 3.68. The maximum absolute atomic E-state index is 10.9. The first-order chi connectivity index (χ1) is 4.77. The number of halogens is 1. The monoisotopic (exact) mass is 159 g/mol. The van der Waals surface area contributed by atoms with E-state index >= 15 is 0 Å². The zero-order chi connectivity index (χ0) is 7.14. The number of alkyl halides is 1. The highest BCUT2D eigenvalue weighted by Gasteiger charge is 2.39. The van der Waals surface area contributed by atoms with Crippen LogP contribution in [0.5, 0.6) is 0 Å². The van der Waals surface area contributed by atoms with Gasteiger partial charge in [0.2, 0.25) is 5.91 Å². The summed E-state index contributed by atoms with van der Waals surface area (Å²) in [5.41, 5.74) is 0. The SMILES string of the molecule is O=C1CC2CC(Cl)CCN12. The van der Waals surface area contributed by atoms with E-state index in [1.165, 1.54) is 0 Å². The lowest BCUT2D eigenvalue weighted by Gasteiger charge is -2.45. The highest BCUT2D eigenvalue weighted by molar-refractivity contribution is 6.20. The maximum Gasteiger partial charge on any atom is 0.224 e. The van der Waals surface area contributed by atoms with E-state index in [0.29, 0.717) is 17.3 Å². The van der Waals surface area contributed by atoms with Gasteiger partial charge in [0.25, 0.3) is 0 Å². The normalized spacial score (nSPS) is 38.9. The van der Waals surface area contributed by atoms with E-state index in [1.54, 1.807) is 0 Å². The standard InChI is InChI=1S/C7H10ClNO/c8-5-1-2-9-6(3-5)4-7(9)10/h5-6H,1-4H2. The molecule has 2 rings (SSSR count). The number of rotatable bonds is 0. The number of nitrogens with zero attached hydrogens (tertiary/aromatic N) is 1. The van der Waals surface area contributed by atoms with Crippen molar-refractivity contribution >= 4 is 17.5 Å². The van der Waals surface area contributed by atoms with Gasteiger partial charge in [-0.25, -0.2) is 0 Å². The van der Waals surface area contributed by atoms with Crippen molar-refractivity contribution in [3.05, 3.63) is 0 Å². The molecule has 1 amide bonds. The van der Waals surface area contributed by atoms with E-state index in [2.05, 4.69) is 0 Å². The van der Waals surface area contributed by atoms with Crippen molar-refractivity contribution in [1.29, 1.82) is 0 Å². The van der Waals surface area contributed by atoms with Gasteiger partial charge in [-0.15, -0.1) is 11.6 Å². The van der Waals surface area contributed by atoms with Crippen molar-refractivity contribution in [3.8, 4) is 0 Å². The fraction of sp³-hybridized carbons (Fsp3) is 0.857. The Hall–Kier alpha value is -0.240. The van der Waals surface area contributed by atoms with Crippen LogP contribution in [0.15, 0.2) is 0 Å². The van der Waals surface area contributed by atoms with Crippen LogP contribution in [0.25, 0.3) is 0 Å². The van der Waals surface area contributed by atoms with Crippen LogP contribution in [-0.4, -0.2) is 28.8 Å². The highest BCUT2D eigenvalue weighted by atomic mass is 35.5. The van der Waals surface area contributed by atoms with E-state index < -0.39 is 0 Å². The van der Waals surface area contributed by atoms with Crippen molar-refractivity contribution in [2.75, 3.05) is 6.54 Å². The fourth-order valence-electron chi connectivity index (χ4n) is 1.73. The van der Waals surface area contributed by atoms with Crippen LogP contribution < -0.4 is 0 Å². The second kappa shape index (κ2) is 2.12. The molecule has 0 saturated carbocycles. The summed E-state index contributed by atoms with van der Waals surface area (Å²) in [6, 6.07) is 0.490. The van der Waals surface area contributed by atoms with Crippen LogP contribution in [0.2, 0.25) is 0 Å². The molecule has 56 valence electrons. The number of piperidine rings is 1. The molecule has 0 aromatic carbocycles. The number of carbonyl (C=O) groups excluding carboxylic acids is 1. The number of fused-ring (bicyclic) bond motifs is 1. The number of amides is 1. The molecule has 10 heavy (non-hydrogen) atoms. The minimum Gasteiger partial charge on any atom is -0.339 e. The molecule has 2 aliphatic rings. The third-order valence-electron chi connectivity index (χ3n) is 2.38. The summed E-state index contributed by atoms with van der Waals surface area (Å²) in [6.45, 7) is 0.887. The molecule has 3 heteroatoms. The Morgan fingerprint density at radius 3 is 3.00 bits per heavy atom. The van der Waals surface area contributed by atoms with Gasteiger partial charge in [0.1, 0.15) is 0 Å². The van der Waals surface area contributed by atoms with Crippen LogP contribution in [0, 0.1) is 0 Å². The third-order valence-corrected chi connectivity index (χ3v) is 2.78. The van der Waals surface area contributed by atoms with E-state index in [1.807, 2.05) is 4.90 Å². The minimum atomic E-state index is 0.313. The topological polar surface area (TPSA) is 20.3 Å². The Labute approximate surface area is 65.1 Å². The van der Waals surface area contributed by atoms with Crippen molar-refractivity contribution in [3.63, 3.8) is 0 Å². The molecule has 0 radical (unpaired) electrons. The van der Waals surface area contributed by atoms with Gasteiger partial charge in [-0.1, -0.05) is 0 Å². The number of β-lactam (4-membered cyclic amide) rings is 1. The highest BCUT2D eigenvalue weighted by Crippen LogP contribution is 2.31. The lowest BCUT2D eigenvalue weighted by molar-refractivity contribution is -0.148. The Balaban J connectivity index is 1.99. The van der Waals surface area contributed by atoms with E-state index in [4.69, 9.17) is 11.6 Å². The van der Waals surface area contributed by atoms with Crippen LogP contribution in [-0.2, 0) is 4.79 Å². The maximum atomic E-state index is 10.9. The average Bonchev–Trinajstić information content (AvgIpc) is 1.86. The molecule has 0 aliphatic carbocycles. The second-order valence-electron chi connectivity index (χ2n) is 3.07. The molecule has 0 bridgehead atoms. The van der Waals surface area contributed by atoms with Crippen LogP contribution in [0.1, 0.15) is 19.3 Å². The number of hydrogen-bond acceptors (Lipinski definition) is 1. The predicted octanol–water partition coefficient (Wildman–Crippen LogP) is 0.989. The summed E-state index contributed by atoms with van der Waals surface area (Å²) >= 11 is 5.92. The summed E-state index contributed by atoms with van der Waals surface area (Å²) in [6.07, 6.45) is 2.72. The van der Waals surface area contributed by atoms with Gasteiger partial charge >= 0.3 is 0 Å². The molecule has 2 atom stereocenters. The van der Waals surface area contributed by atoms with E-state index in [-0.39, 0.29) is 0 Å². The van der Waals surface area contributed by atoms with Crippen LogP contribution in [0.4, 0.5) is 0 Å². The first-order valence-electron chi connectivity index (χ1n) is 3.71. The first-order valence-corrected chi connectivity index (χ1v) is 4.14. The van der Waals surface area contributed by atoms with Gasteiger partial charge in [0.15, 0.2) is 0 Å². The smallest absolute Gasteiger partial charge is 0.224 e. The van der Waals surface area contributed by atoms with E-state index in [9.17, 15) is 4.79 Å². The predicted molar refractivity (Wildman–Crippen MR) is 39.0 cm³/mol. The zero-order valence-electron chi connectivity index (χ0n) is 5.72. The van der Waals surface area contributed by atoms with Gasteiger partial charge in [-0.05, 0) is 12.8 Å². The van der Waals surface area contributed by atoms with Crippen molar-refractivity contribution < 1.29 is 4.79 Å². The minimum absolute atomic E-state index is 0.313. The van der Waals surface area contributed by atoms with Gasteiger partial charge in [0, 0.05) is 24.4 Å². The molecule has 2 saturated heterocycles. The number of hydrogen-bond donors (Lipinski definition) is 0. The molecule has 2 fully saturated rings. The fourth-order valence-corrected chi connectivity index (χ4v) is 2.03. The zero-order valence-corrected chi connectivity index (χ0v) is 6.47. The molecule has 0 aromatic heterocycles. The lowest BCUT2D eigenvalue weighted by atomic mass is 9.91. The lowest BCUT2D eigenvalue weighted by Crippen LogP contribution is -2.56. The molecule has 2 unspecified atom stereocenters. The van der Waals surface area contributed by atoms with Crippen molar-refractivity contribution in [1.82, 2.24) is 4.90 Å². The summed E-state index contributed by atoms with van der Waals surface area (Å²) in [4.78, 5) is 12.8. The summed E-state index contributed by atoms with van der Waals surface area (Å²) < 4.78 is 0. The molecule has 0 N–H and O–H groups in total. The summed E-state index contributed by atoms with van der Waals surface area (Å²) in [5, 5.41) is 0.314. The molecule has 0 spiro atoms. The molecule has 2 aliphatic heterocycles. The average molecular weight is 160 g/mol. The summed E-state index contributed by atoms with van der Waals surface area (Å²) in [5.74, 6) is 0.313. The Morgan fingerprint density at radius 1 is 1.60 bits per heavy atom. The van der Waals surface area contributed by atoms with Gasteiger partial charge in [-0.3, -0.25) is 4.79 Å². The molecular weight excluding hydrogens is 150 g/mol. The quantitative estimate of drug-likeness (QED) is 0.381. The van der Waals surface area contributed by atoms with Gasteiger partial charge in [0.05, 0.1) is 0 Å². The largest absolute Gasteiger partial charge is 0.339 e. The molecule has 0 aromatic rings. The Bertz CT molecular complexity index is 171.